The van der Waals surface area contributed by atoms with E-state index >= 15 is 0 Å². The van der Waals surface area contributed by atoms with Crippen molar-refractivity contribution in [2.45, 2.75) is 6.92 Å². The quantitative estimate of drug-likeness (QED) is 0.827. The van der Waals surface area contributed by atoms with Gasteiger partial charge < -0.3 is 10.1 Å². The van der Waals surface area contributed by atoms with Crippen LogP contribution in [-0.4, -0.2) is 18.4 Å². The molecule has 2 aromatic carbocycles. The van der Waals surface area contributed by atoms with Crippen LogP contribution in [0.5, 0.6) is 5.75 Å². The van der Waals surface area contributed by atoms with Crippen molar-refractivity contribution >= 4 is 34.8 Å². The van der Waals surface area contributed by atoms with E-state index in [1.807, 2.05) is 6.92 Å². The molecule has 2 amide bonds. The van der Waals surface area contributed by atoms with Gasteiger partial charge in [0.2, 0.25) is 0 Å². The molecule has 25 heavy (non-hydrogen) atoms. The first-order valence-electron chi connectivity index (χ1n) is 7.56. The number of para-hydroxylation sites is 1. The van der Waals surface area contributed by atoms with E-state index in [1.165, 1.54) is 24.3 Å². The Morgan fingerprint density at radius 2 is 1.76 bits per heavy atom. The molecule has 0 aromatic heterocycles. The van der Waals surface area contributed by atoms with Crippen molar-refractivity contribution in [3.63, 3.8) is 0 Å². The Hall–Kier alpha value is -2.86. The molecule has 1 N–H and O–H groups in total. The summed E-state index contributed by atoms with van der Waals surface area (Å²) in [5.74, 6) is -1.50. The number of carbonyl (C=O) groups is 2. The first-order valence-corrected chi connectivity index (χ1v) is 7.93. The van der Waals surface area contributed by atoms with Gasteiger partial charge in [-0.1, -0.05) is 23.7 Å². The van der Waals surface area contributed by atoms with Crippen LogP contribution in [0.1, 0.15) is 6.92 Å². The third-order valence-corrected chi connectivity index (χ3v) is 3.91. The van der Waals surface area contributed by atoms with Gasteiger partial charge in [-0.25, -0.2) is 9.29 Å². The van der Waals surface area contributed by atoms with E-state index in [4.69, 9.17) is 16.3 Å². The number of anilines is 2. The van der Waals surface area contributed by atoms with Gasteiger partial charge in [0.05, 0.1) is 12.3 Å². The van der Waals surface area contributed by atoms with Crippen molar-refractivity contribution in [3.8, 4) is 5.75 Å². The number of benzene rings is 2. The van der Waals surface area contributed by atoms with Crippen LogP contribution in [-0.2, 0) is 9.59 Å². The lowest BCUT2D eigenvalue weighted by Crippen LogP contribution is -2.33. The van der Waals surface area contributed by atoms with Crippen molar-refractivity contribution in [3.05, 3.63) is 65.1 Å². The zero-order chi connectivity index (χ0) is 18.0. The normalized spacial score (nSPS) is 14.3. The molecule has 0 fully saturated rings. The van der Waals surface area contributed by atoms with Crippen LogP contribution in [0.3, 0.4) is 0 Å². The zero-order valence-electron chi connectivity index (χ0n) is 13.3. The third kappa shape index (κ3) is 3.21. The molecule has 0 bridgehead atoms. The smallest absolute Gasteiger partial charge is 0.283 e. The minimum absolute atomic E-state index is 0.0981. The predicted molar refractivity (Wildman–Crippen MR) is 93.0 cm³/mol. The molecule has 2 aromatic rings. The average molecular weight is 361 g/mol. The van der Waals surface area contributed by atoms with Crippen LogP contribution in [0, 0.1) is 5.82 Å². The maximum absolute atomic E-state index is 13.9. The molecule has 0 aliphatic carbocycles. The highest BCUT2D eigenvalue weighted by molar-refractivity contribution is 6.53. The van der Waals surface area contributed by atoms with Crippen LogP contribution in [0.2, 0.25) is 0 Å². The van der Waals surface area contributed by atoms with Crippen molar-refractivity contribution < 1.29 is 18.7 Å². The number of imide groups is 1. The lowest BCUT2D eigenvalue weighted by molar-refractivity contribution is -0.120. The predicted octanol–water partition coefficient (Wildman–Crippen LogP) is 3.66. The summed E-state index contributed by atoms with van der Waals surface area (Å²) in [5, 5.41) is 2.53. The summed E-state index contributed by atoms with van der Waals surface area (Å²) in [5.41, 5.74) is 0.311. The maximum Gasteiger partial charge on any atom is 0.283 e. The second-order valence-corrected chi connectivity index (χ2v) is 5.55. The highest BCUT2D eigenvalue weighted by atomic mass is 35.5. The molecule has 5 nitrogen and oxygen atoms in total. The van der Waals surface area contributed by atoms with Gasteiger partial charge in [0, 0.05) is 5.69 Å². The van der Waals surface area contributed by atoms with E-state index in [2.05, 4.69) is 5.32 Å². The van der Waals surface area contributed by atoms with Crippen molar-refractivity contribution in [1.82, 2.24) is 0 Å². The monoisotopic (exact) mass is 360 g/mol. The van der Waals surface area contributed by atoms with E-state index in [0.29, 0.717) is 22.9 Å². The molecule has 3 rings (SSSR count). The fourth-order valence-electron chi connectivity index (χ4n) is 2.41. The van der Waals surface area contributed by atoms with Crippen LogP contribution in [0.25, 0.3) is 0 Å². The van der Waals surface area contributed by atoms with Gasteiger partial charge in [-0.2, -0.15) is 0 Å². The van der Waals surface area contributed by atoms with Gasteiger partial charge in [0.1, 0.15) is 22.3 Å². The van der Waals surface area contributed by atoms with E-state index in [9.17, 15) is 14.0 Å². The fraction of sp³-hybridized carbons (Fsp3) is 0.111. The van der Waals surface area contributed by atoms with Crippen LogP contribution in [0.15, 0.2) is 59.3 Å². The molecule has 0 spiro atoms. The second-order valence-electron chi connectivity index (χ2n) is 5.17. The second kappa shape index (κ2) is 6.94. The molecular formula is C18H14ClFN2O3. The number of nitrogens with zero attached hydrogens (tertiary/aromatic N) is 1. The number of amides is 2. The molecule has 0 saturated heterocycles. The number of halogens is 2. The largest absolute Gasteiger partial charge is 0.494 e. The molecule has 0 unspecified atom stereocenters. The molecule has 128 valence electrons. The Kier molecular flexibility index (Phi) is 4.72. The molecule has 1 aliphatic heterocycles. The molecule has 0 atom stereocenters. The SMILES string of the molecule is CCOc1ccc(NC2=C(Cl)C(=O)N(c3ccccc3F)C2=O)cc1. The molecule has 1 aliphatic rings. The van der Waals surface area contributed by atoms with E-state index in [-0.39, 0.29) is 16.4 Å². The summed E-state index contributed by atoms with van der Waals surface area (Å²) in [6, 6.07) is 12.3. The molecule has 1 heterocycles. The Balaban J connectivity index is 1.86. The van der Waals surface area contributed by atoms with Gasteiger partial charge >= 0.3 is 0 Å². The van der Waals surface area contributed by atoms with E-state index in [0.717, 1.165) is 0 Å². The van der Waals surface area contributed by atoms with Crippen LogP contribution in [0.4, 0.5) is 15.8 Å². The van der Waals surface area contributed by atoms with Crippen molar-refractivity contribution in [1.29, 1.82) is 0 Å². The van der Waals surface area contributed by atoms with Crippen molar-refractivity contribution in [2.24, 2.45) is 0 Å². The third-order valence-electron chi connectivity index (χ3n) is 3.56. The molecule has 0 saturated carbocycles. The minimum atomic E-state index is -0.773. The van der Waals surface area contributed by atoms with Gasteiger partial charge in [-0.05, 0) is 43.3 Å². The summed E-state index contributed by atoms with van der Waals surface area (Å²) in [7, 11) is 0. The van der Waals surface area contributed by atoms with Gasteiger partial charge in [-0.15, -0.1) is 0 Å². The van der Waals surface area contributed by atoms with E-state index in [1.54, 1.807) is 24.3 Å². The summed E-state index contributed by atoms with van der Waals surface area (Å²) in [6.07, 6.45) is 0. The maximum atomic E-state index is 13.9. The first-order chi connectivity index (χ1) is 12.0. The molecule has 7 heteroatoms. The molecular weight excluding hydrogens is 347 g/mol. The van der Waals surface area contributed by atoms with Gasteiger partial charge in [0.15, 0.2) is 0 Å². The highest BCUT2D eigenvalue weighted by Gasteiger charge is 2.40. The number of nitrogens with one attached hydrogen (secondary N) is 1. The standard InChI is InChI=1S/C18H14ClFN2O3/c1-2-25-12-9-7-11(8-10-12)21-16-15(19)17(23)22(18(16)24)14-6-4-3-5-13(14)20/h3-10,21H,2H2,1H3. The lowest BCUT2D eigenvalue weighted by atomic mass is 10.2. The van der Waals surface area contributed by atoms with Gasteiger partial charge in [-0.3, -0.25) is 9.59 Å². The average Bonchev–Trinajstić information content (AvgIpc) is 2.81. The number of hydrogen-bond donors (Lipinski definition) is 1. The van der Waals surface area contributed by atoms with E-state index < -0.39 is 17.6 Å². The number of hydrogen-bond acceptors (Lipinski definition) is 4. The number of carbonyl (C=O) groups excluding carboxylic acids is 2. The number of ether oxygens (including phenoxy) is 1. The Morgan fingerprint density at radius 3 is 2.40 bits per heavy atom. The summed E-state index contributed by atoms with van der Waals surface area (Å²) in [6.45, 7) is 2.41. The summed E-state index contributed by atoms with van der Waals surface area (Å²) >= 11 is 6.01. The molecule has 0 radical (unpaired) electrons. The van der Waals surface area contributed by atoms with Crippen LogP contribution < -0.4 is 15.0 Å². The van der Waals surface area contributed by atoms with Gasteiger partial charge in [0.25, 0.3) is 11.8 Å². The Labute approximate surface area is 148 Å². The Bertz CT molecular complexity index is 865. The highest BCUT2D eigenvalue weighted by Crippen LogP contribution is 2.31. The van der Waals surface area contributed by atoms with Crippen LogP contribution >= 0.6 is 11.6 Å². The minimum Gasteiger partial charge on any atom is -0.494 e. The number of rotatable bonds is 5. The lowest BCUT2D eigenvalue weighted by Gasteiger charge is -2.15. The fourth-order valence-corrected chi connectivity index (χ4v) is 2.62. The summed E-state index contributed by atoms with van der Waals surface area (Å²) in [4.78, 5) is 25.6. The topological polar surface area (TPSA) is 58.6 Å². The summed E-state index contributed by atoms with van der Waals surface area (Å²) < 4.78 is 19.3. The Morgan fingerprint density at radius 1 is 1.08 bits per heavy atom. The zero-order valence-corrected chi connectivity index (χ0v) is 14.0. The van der Waals surface area contributed by atoms with Crippen molar-refractivity contribution in [2.75, 3.05) is 16.8 Å². The first kappa shape index (κ1) is 17.0.